The number of ketones is 3. The van der Waals surface area contributed by atoms with Crippen molar-refractivity contribution in [1.82, 2.24) is 4.90 Å². The minimum absolute atomic E-state index is 0.0717. The number of amides is 1. The van der Waals surface area contributed by atoms with Gasteiger partial charge in [-0.15, -0.1) is 0 Å². The molecule has 0 aromatic heterocycles. The number of primary amides is 1. The van der Waals surface area contributed by atoms with Gasteiger partial charge in [0, 0.05) is 12.0 Å². The minimum atomic E-state index is -2.63. The van der Waals surface area contributed by atoms with E-state index >= 15 is 0 Å². The summed E-state index contributed by atoms with van der Waals surface area (Å²) in [4.78, 5) is 54.1. The molecule has 1 amide bonds. The number of aromatic hydroxyl groups is 1. The smallest absolute Gasteiger partial charge is 0.230 e. The van der Waals surface area contributed by atoms with Crippen molar-refractivity contribution in [3.8, 4) is 5.75 Å². The zero-order chi connectivity index (χ0) is 24.6. The lowest BCUT2D eigenvalue weighted by Crippen LogP contribution is -2.75. The lowest BCUT2D eigenvalue weighted by atomic mass is 9.52. The second-order valence-electron chi connectivity index (χ2n) is 9.88. The number of rotatable bonds is 3. The highest BCUT2D eigenvalue weighted by molar-refractivity contribution is 6.25. The molecule has 33 heavy (non-hydrogen) atoms. The van der Waals surface area contributed by atoms with E-state index in [0.717, 1.165) is 5.56 Å². The Balaban J connectivity index is 1.89. The number of aryl methyl sites for hydroxylation is 2. The number of carbonyl (C=O) groups excluding carboxylic acids is 4. The Labute approximate surface area is 191 Å². The molecule has 9 heteroatoms. The Kier molecular flexibility index (Phi) is 5.50. The third-order valence-electron chi connectivity index (χ3n) is 7.95. The van der Waals surface area contributed by atoms with Crippen LogP contribution in [0.3, 0.4) is 0 Å². The van der Waals surface area contributed by atoms with Crippen molar-refractivity contribution in [3.63, 3.8) is 0 Å². The Morgan fingerprint density at radius 2 is 1.88 bits per heavy atom. The summed E-state index contributed by atoms with van der Waals surface area (Å²) in [6.45, 7) is 3.61. The SMILES string of the molecule is CCc1cc(C)c(O)c2c1C[C@@H]1C[C@@H]3[C@@H](N(C)C)C(O)C(C(N)=O)C(=O)[C@]3(O)C(=O)C1C2=O. The number of aliphatic hydroxyl groups excluding tert-OH is 1. The van der Waals surface area contributed by atoms with E-state index in [9.17, 15) is 34.5 Å². The first-order valence-corrected chi connectivity index (χ1v) is 11.2. The minimum Gasteiger partial charge on any atom is -0.507 e. The molecule has 1 aromatic carbocycles. The normalized spacial score (nSPS) is 35.8. The number of aliphatic hydroxyl groups is 2. The van der Waals surface area contributed by atoms with Crippen molar-refractivity contribution in [2.45, 2.75) is 50.9 Å². The van der Waals surface area contributed by atoms with Gasteiger partial charge in [-0.1, -0.05) is 13.0 Å². The molecule has 4 rings (SSSR count). The second kappa shape index (κ2) is 7.72. The summed E-state index contributed by atoms with van der Waals surface area (Å²) in [5, 5.41) is 33.1. The fourth-order valence-corrected chi connectivity index (χ4v) is 6.43. The lowest BCUT2D eigenvalue weighted by molar-refractivity contribution is -0.190. The van der Waals surface area contributed by atoms with Gasteiger partial charge in [0.05, 0.1) is 17.6 Å². The number of likely N-dealkylation sites (N-methyl/N-ethyl adjacent to an activating group) is 1. The molecule has 0 saturated heterocycles. The van der Waals surface area contributed by atoms with Crippen molar-refractivity contribution >= 4 is 23.3 Å². The van der Waals surface area contributed by atoms with Crippen LogP contribution in [0.4, 0.5) is 0 Å². The number of phenolic OH excluding ortho intramolecular Hbond substituents is 1. The van der Waals surface area contributed by atoms with Crippen molar-refractivity contribution in [3.05, 3.63) is 28.3 Å². The zero-order valence-electron chi connectivity index (χ0n) is 19.2. The molecule has 178 valence electrons. The summed E-state index contributed by atoms with van der Waals surface area (Å²) in [5.41, 5.74) is 4.90. The average molecular weight is 459 g/mol. The van der Waals surface area contributed by atoms with E-state index in [1.165, 1.54) is 0 Å². The molecule has 5 N–H and O–H groups in total. The van der Waals surface area contributed by atoms with E-state index in [0.29, 0.717) is 24.0 Å². The molecular formula is C24H30N2O7. The molecule has 0 spiro atoms. The summed E-state index contributed by atoms with van der Waals surface area (Å²) in [6.07, 6.45) is -0.422. The van der Waals surface area contributed by atoms with Crippen LogP contribution in [-0.4, -0.2) is 75.3 Å². The maximum atomic E-state index is 13.7. The van der Waals surface area contributed by atoms with E-state index < -0.39 is 64.7 Å². The first-order valence-electron chi connectivity index (χ1n) is 11.2. The summed E-state index contributed by atoms with van der Waals surface area (Å²) in [6, 6.07) is 0.931. The molecule has 2 saturated carbocycles. The van der Waals surface area contributed by atoms with Gasteiger partial charge in [0.25, 0.3) is 0 Å². The number of Topliss-reactive ketones (excluding diaryl/α,β-unsaturated/α-hetero) is 3. The fourth-order valence-electron chi connectivity index (χ4n) is 6.43. The van der Waals surface area contributed by atoms with Crippen LogP contribution in [0, 0.1) is 30.6 Å². The van der Waals surface area contributed by atoms with Gasteiger partial charge in [-0.2, -0.15) is 0 Å². The largest absolute Gasteiger partial charge is 0.507 e. The van der Waals surface area contributed by atoms with Crippen LogP contribution >= 0.6 is 0 Å². The van der Waals surface area contributed by atoms with Crippen molar-refractivity contribution in [1.29, 1.82) is 0 Å². The Morgan fingerprint density at radius 3 is 2.42 bits per heavy atom. The highest BCUT2D eigenvalue weighted by atomic mass is 16.3. The van der Waals surface area contributed by atoms with Crippen LogP contribution in [0.1, 0.15) is 40.4 Å². The maximum Gasteiger partial charge on any atom is 0.230 e. The van der Waals surface area contributed by atoms with E-state index in [-0.39, 0.29) is 17.7 Å². The third-order valence-corrected chi connectivity index (χ3v) is 7.95. The molecule has 0 heterocycles. The predicted molar refractivity (Wildman–Crippen MR) is 116 cm³/mol. The van der Waals surface area contributed by atoms with Crippen LogP contribution in [0.5, 0.6) is 5.75 Å². The summed E-state index contributed by atoms with van der Waals surface area (Å²) in [7, 11) is 3.24. The summed E-state index contributed by atoms with van der Waals surface area (Å²) in [5.74, 6) is -8.71. The molecule has 3 aliphatic carbocycles. The first kappa shape index (κ1) is 23.5. The van der Waals surface area contributed by atoms with Gasteiger partial charge in [0.15, 0.2) is 23.0 Å². The molecule has 7 atom stereocenters. The topological polar surface area (TPSA) is 158 Å². The van der Waals surface area contributed by atoms with Crippen LogP contribution < -0.4 is 5.73 Å². The summed E-state index contributed by atoms with van der Waals surface area (Å²) < 4.78 is 0. The second-order valence-corrected chi connectivity index (χ2v) is 9.88. The van der Waals surface area contributed by atoms with E-state index in [1.807, 2.05) is 13.0 Å². The van der Waals surface area contributed by atoms with Gasteiger partial charge in [-0.25, -0.2) is 0 Å². The van der Waals surface area contributed by atoms with Crippen molar-refractivity contribution in [2.75, 3.05) is 14.1 Å². The third kappa shape index (κ3) is 3.02. The standard InChI is InChI=1S/C24H30N2O7/c1-5-10-6-9(2)18(27)15-12(10)7-11-8-13-17(26(3)4)20(29)16(23(25)32)22(31)24(13,33)21(30)14(11)19(15)28/h6,11,13-14,16-17,20,27,29,33H,5,7-8H2,1-4H3,(H2,25,32)/t11-,13-,14?,16?,17-,20?,24-/m1/s1. The molecule has 3 aliphatic rings. The monoisotopic (exact) mass is 458 g/mol. The van der Waals surface area contributed by atoms with Gasteiger partial charge in [-0.05, 0) is 62.9 Å². The van der Waals surface area contributed by atoms with Gasteiger partial charge in [0.2, 0.25) is 5.91 Å². The van der Waals surface area contributed by atoms with Crippen LogP contribution in [-0.2, 0) is 27.2 Å². The fraction of sp³-hybridized carbons (Fsp3) is 0.583. The van der Waals surface area contributed by atoms with Gasteiger partial charge >= 0.3 is 0 Å². The molecule has 2 fully saturated rings. The van der Waals surface area contributed by atoms with Gasteiger partial charge in [0.1, 0.15) is 11.7 Å². The number of benzene rings is 1. The molecule has 1 aromatic rings. The number of phenols is 1. The molecule has 3 unspecified atom stereocenters. The van der Waals surface area contributed by atoms with Crippen LogP contribution in [0.2, 0.25) is 0 Å². The van der Waals surface area contributed by atoms with Crippen LogP contribution in [0.25, 0.3) is 0 Å². The van der Waals surface area contributed by atoms with E-state index in [1.54, 1.807) is 25.9 Å². The molecular weight excluding hydrogens is 428 g/mol. The Morgan fingerprint density at radius 1 is 1.24 bits per heavy atom. The number of nitrogens with zero attached hydrogens (tertiary/aromatic N) is 1. The maximum absolute atomic E-state index is 13.7. The van der Waals surface area contributed by atoms with Crippen molar-refractivity contribution in [2.24, 2.45) is 29.4 Å². The Hall–Kier alpha value is -2.62. The first-order chi connectivity index (χ1) is 15.4. The van der Waals surface area contributed by atoms with Gasteiger partial charge < -0.3 is 26.0 Å². The van der Waals surface area contributed by atoms with Crippen molar-refractivity contribution < 1.29 is 34.5 Å². The quantitative estimate of drug-likeness (QED) is 0.443. The van der Waals surface area contributed by atoms with E-state index in [4.69, 9.17) is 5.73 Å². The zero-order valence-corrected chi connectivity index (χ0v) is 19.2. The number of nitrogens with two attached hydrogens (primary N) is 1. The molecule has 9 nitrogen and oxygen atoms in total. The predicted octanol–water partition coefficient (Wildman–Crippen LogP) is -0.470. The molecule has 0 bridgehead atoms. The highest BCUT2D eigenvalue weighted by Gasteiger charge is 2.69. The number of hydrogen-bond acceptors (Lipinski definition) is 8. The Bertz CT molecular complexity index is 1080. The molecule has 0 aliphatic heterocycles. The average Bonchev–Trinajstić information content (AvgIpc) is 2.72. The molecule has 0 radical (unpaired) electrons. The summed E-state index contributed by atoms with van der Waals surface area (Å²) >= 11 is 0. The van der Waals surface area contributed by atoms with E-state index in [2.05, 4.69) is 0 Å². The van der Waals surface area contributed by atoms with Crippen LogP contribution in [0.15, 0.2) is 6.07 Å². The number of hydrogen-bond donors (Lipinski definition) is 4. The van der Waals surface area contributed by atoms with Gasteiger partial charge in [-0.3, -0.25) is 19.2 Å². The number of fused-ring (bicyclic) bond motifs is 3. The number of carbonyl (C=O) groups is 4. The lowest BCUT2D eigenvalue weighted by Gasteiger charge is -2.54. The highest BCUT2D eigenvalue weighted by Crippen LogP contribution is 2.52.